The number of benzene rings is 1. The Bertz CT molecular complexity index is 530. The third kappa shape index (κ3) is 1.72. The molecule has 1 aromatic heterocycles. The van der Waals surface area contributed by atoms with Crippen LogP contribution in [0.5, 0.6) is 0 Å². The van der Waals surface area contributed by atoms with Crippen LogP contribution in [0.1, 0.15) is 29.9 Å². The maximum atomic E-state index is 6.22. The fourth-order valence-corrected chi connectivity index (χ4v) is 2.01. The first-order valence-electron chi connectivity index (χ1n) is 5.41. The van der Waals surface area contributed by atoms with Crippen molar-refractivity contribution >= 4 is 22.6 Å². The molecule has 0 saturated carbocycles. The maximum absolute atomic E-state index is 6.22. The number of halogens is 1. The van der Waals surface area contributed by atoms with E-state index in [1.165, 1.54) is 0 Å². The van der Waals surface area contributed by atoms with Crippen LogP contribution in [0.25, 0.3) is 11.0 Å². The minimum atomic E-state index is 0.214. The summed E-state index contributed by atoms with van der Waals surface area (Å²) in [6, 6.07) is 4.28. The number of aryl methyl sites for hydroxylation is 2. The van der Waals surface area contributed by atoms with Gasteiger partial charge in [0, 0.05) is 10.4 Å². The summed E-state index contributed by atoms with van der Waals surface area (Å²) in [5.41, 5.74) is 3.07. The number of nitrogens with one attached hydrogen (secondary N) is 1. The molecule has 1 N–H and O–H groups in total. The summed E-state index contributed by atoms with van der Waals surface area (Å²) < 4.78 is 5.82. The second-order valence-electron chi connectivity index (χ2n) is 4.20. The lowest BCUT2D eigenvalue weighted by molar-refractivity contribution is 0.475. The first-order valence-corrected chi connectivity index (χ1v) is 5.78. The zero-order valence-electron chi connectivity index (χ0n) is 10.0. The van der Waals surface area contributed by atoms with Gasteiger partial charge in [0.2, 0.25) is 0 Å². The van der Waals surface area contributed by atoms with Gasteiger partial charge in [-0.2, -0.15) is 0 Å². The lowest BCUT2D eigenvalue weighted by Crippen LogP contribution is -2.10. The second-order valence-corrected chi connectivity index (χ2v) is 4.58. The molecule has 0 aliphatic heterocycles. The Morgan fingerprint density at radius 2 is 2.00 bits per heavy atom. The molecule has 3 heteroatoms. The molecule has 0 bridgehead atoms. The first kappa shape index (κ1) is 11.5. The van der Waals surface area contributed by atoms with Crippen LogP contribution in [0.15, 0.2) is 16.5 Å². The Kier molecular flexibility index (Phi) is 2.96. The van der Waals surface area contributed by atoms with Gasteiger partial charge in [0.1, 0.15) is 11.3 Å². The van der Waals surface area contributed by atoms with Gasteiger partial charge < -0.3 is 9.73 Å². The van der Waals surface area contributed by atoms with E-state index in [0.29, 0.717) is 0 Å². The Hall–Kier alpha value is -0.990. The van der Waals surface area contributed by atoms with Gasteiger partial charge in [0.15, 0.2) is 0 Å². The van der Waals surface area contributed by atoms with Gasteiger partial charge in [-0.05, 0) is 51.1 Å². The summed E-state index contributed by atoms with van der Waals surface area (Å²) in [4.78, 5) is 0. The molecular weight excluding hydrogens is 222 g/mol. The van der Waals surface area contributed by atoms with Crippen LogP contribution in [0.2, 0.25) is 5.02 Å². The highest BCUT2D eigenvalue weighted by atomic mass is 35.5. The molecule has 0 fully saturated rings. The Morgan fingerprint density at radius 3 is 2.62 bits per heavy atom. The van der Waals surface area contributed by atoms with Crippen LogP contribution < -0.4 is 5.32 Å². The molecule has 1 heterocycles. The Labute approximate surface area is 101 Å². The highest BCUT2D eigenvalue weighted by Crippen LogP contribution is 2.32. The van der Waals surface area contributed by atoms with E-state index in [4.69, 9.17) is 16.0 Å². The van der Waals surface area contributed by atoms with Gasteiger partial charge in [0.25, 0.3) is 0 Å². The molecule has 86 valence electrons. The van der Waals surface area contributed by atoms with Gasteiger partial charge >= 0.3 is 0 Å². The standard InChI is InChI=1S/C13H16ClNO/c1-7-5-12-10(8(2)13(7)14)6-11(16-12)9(3)15-4/h5-6,9,15H,1-4H3. The number of fused-ring (bicyclic) bond motifs is 1. The molecule has 2 aromatic rings. The van der Waals surface area contributed by atoms with Gasteiger partial charge in [-0.15, -0.1) is 0 Å². The largest absolute Gasteiger partial charge is 0.459 e. The molecule has 0 aliphatic rings. The third-order valence-corrected chi connectivity index (χ3v) is 3.65. The zero-order chi connectivity index (χ0) is 11.9. The van der Waals surface area contributed by atoms with Gasteiger partial charge in [-0.25, -0.2) is 0 Å². The van der Waals surface area contributed by atoms with E-state index < -0.39 is 0 Å². The van der Waals surface area contributed by atoms with E-state index in [-0.39, 0.29) is 6.04 Å². The summed E-state index contributed by atoms with van der Waals surface area (Å²) in [6.07, 6.45) is 0. The molecule has 1 unspecified atom stereocenters. The molecule has 0 amide bonds. The topological polar surface area (TPSA) is 25.2 Å². The van der Waals surface area contributed by atoms with Crippen molar-refractivity contribution in [1.82, 2.24) is 5.32 Å². The molecular formula is C13H16ClNO. The van der Waals surface area contributed by atoms with Crippen molar-refractivity contribution < 1.29 is 4.42 Å². The van der Waals surface area contributed by atoms with Crippen molar-refractivity contribution in [3.63, 3.8) is 0 Å². The molecule has 1 aromatic carbocycles. The SMILES string of the molecule is CNC(C)c1cc2c(C)c(Cl)c(C)cc2o1. The molecule has 0 aliphatic carbocycles. The van der Waals surface area contributed by atoms with E-state index in [0.717, 1.165) is 32.9 Å². The van der Waals surface area contributed by atoms with Crippen molar-refractivity contribution in [2.75, 3.05) is 7.05 Å². The predicted octanol–water partition coefficient (Wildman–Crippen LogP) is 3.98. The molecule has 0 radical (unpaired) electrons. The molecule has 16 heavy (non-hydrogen) atoms. The highest BCUT2D eigenvalue weighted by molar-refractivity contribution is 6.33. The Morgan fingerprint density at radius 1 is 1.31 bits per heavy atom. The summed E-state index contributed by atoms with van der Waals surface area (Å²) in [7, 11) is 1.92. The minimum absolute atomic E-state index is 0.214. The fourth-order valence-electron chi connectivity index (χ4n) is 1.85. The second kappa shape index (κ2) is 4.11. The average Bonchev–Trinajstić information content (AvgIpc) is 2.69. The summed E-state index contributed by atoms with van der Waals surface area (Å²) >= 11 is 6.22. The van der Waals surface area contributed by atoms with Crippen LogP contribution in [0.4, 0.5) is 0 Å². The zero-order valence-corrected chi connectivity index (χ0v) is 10.8. The fraction of sp³-hybridized carbons (Fsp3) is 0.385. The summed E-state index contributed by atoms with van der Waals surface area (Å²) in [6.45, 7) is 6.10. The Balaban J connectivity index is 2.66. The van der Waals surface area contributed by atoms with Crippen LogP contribution in [-0.2, 0) is 0 Å². The normalized spacial score (nSPS) is 13.3. The van der Waals surface area contributed by atoms with Crippen molar-refractivity contribution in [2.45, 2.75) is 26.8 Å². The van der Waals surface area contributed by atoms with E-state index >= 15 is 0 Å². The van der Waals surface area contributed by atoms with Crippen LogP contribution in [0.3, 0.4) is 0 Å². The lowest BCUT2D eigenvalue weighted by Gasteiger charge is -2.04. The monoisotopic (exact) mass is 237 g/mol. The van der Waals surface area contributed by atoms with E-state index in [1.54, 1.807) is 0 Å². The summed E-state index contributed by atoms with van der Waals surface area (Å²) in [5.74, 6) is 0.947. The number of rotatable bonds is 2. The number of hydrogen-bond acceptors (Lipinski definition) is 2. The van der Waals surface area contributed by atoms with E-state index in [1.807, 2.05) is 27.0 Å². The quantitative estimate of drug-likeness (QED) is 0.855. The predicted molar refractivity (Wildman–Crippen MR) is 68.2 cm³/mol. The maximum Gasteiger partial charge on any atom is 0.135 e. The summed E-state index contributed by atoms with van der Waals surface area (Å²) in [5, 5.41) is 5.10. The van der Waals surface area contributed by atoms with Crippen LogP contribution in [0, 0.1) is 13.8 Å². The van der Waals surface area contributed by atoms with Crippen LogP contribution >= 0.6 is 11.6 Å². The molecule has 0 spiro atoms. The smallest absolute Gasteiger partial charge is 0.135 e. The van der Waals surface area contributed by atoms with E-state index in [2.05, 4.69) is 18.3 Å². The highest BCUT2D eigenvalue weighted by Gasteiger charge is 2.13. The third-order valence-electron chi connectivity index (χ3n) is 3.07. The number of hydrogen-bond donors (Lipinski definition) is 1. The van der Waals surface area contributed by atoms with Gasteiger partial charge in [-0.3, -0.25) is 0 Å². The minimum Gasteiger partial charge on any atom is -0.459 e. The lowest BCUT2D eigenvalue weighted by atomic mass is 10.1. The molecule has 2 nitrogen and oxygen atoms in total. The van der Waals surface area contributed by atoms with Crippen molar-refractivity contribution in [1.29, 1.82) is 0 Å². The van der Waals surface area contributed by atoms with Crippen molar-refractivity contribution in [3.8, 4) is 0 Å². The van der Waals surface area contributed by atoms with Crippen molar-refractivity contribution in [3.05, 3.63) is 34.0 Å². The van der Waals surface area contributed by atoms with Crippen LogP contribution in [-0.4, -0.2) is 7.05 Å². The first-order chi connectivity index (χ1) is 7.54. The van der Waals surface area contributed by atoms with Gasteiger partial charge in [-0.1, -0.05) is 11.6 Å². The average molecular weight is 238 g/mol. The van der Waals surface area contributed by atoms with E-state index in [9.17, 15) is 0 Å². The number of furan rings is 1. The van der Waals surface area contributed by atoms with Crippen molar-refractivity contribution in [2.24, 2.45) is 0 Å². The molecule has 2 rings (SSSR count). The van der Waals surface area contributed by atoms with Gasteiger partial charge in [0.05, 0.1) is 6.04 Å². The molecule has 1 atom stereocenters. The molecule has 0 saturated heterocycles.